The number of aliphatic carboxylic acids is 1. The number of carbonyl (C=O) groups excluding carboxylic acids is 1. The molecule has 0 aromatic rings. The molecule has 1 rings (SSSR count). The van der Waals surface area contributed by atoms with Crippen molar-refractivity contribution in [3.05, 3.63) is 0 Å². The lowest BCUT2D eigenvalue weighted by Crippen LogP contribution is -2.48. The highest BCUT2D eigenvalue weighted by Gasteiger charge is 2.42. The standard InChI is InChI=1S/C12H22N2O4/c1-3-12(4-5-13-9-12)11(17)14(6-7-18-2)8-10(15)16/h13H,3-9H2,1-2H3,(H,15,16). The van der Waals surface area contributed by atoms with Crippen LogP contribution in [0.15, 0.2) is 0 Å². The van der Waals surface area contributed by atoms with E-state index in [4.69, 9.17) is 9.84 Å². The van der Waals surface area contributed by atoms with Crippen molar-refractivity contribution in [2.24, 2.45) is 5.41 Å². The molecule has 1 heterocycles. The molecule has 0 aromatic heterocycles. The van der Waals surface area contributed by atoms with Gasteiger partial charge in [0, 0.05) is 20.2 Å². The van der Waals surface area contributed by atoms with E-state index < -0.39 is 11.4 Å². The number of carbonyl (C=O) groups is 2. The van der Waals surface area contributed by atoms with Gasteiger partial charge in [-0.05, 0) is 19.4 Å². The number of hydrogen-bond donors (Lipinski definition) is 2. The van der Waals surface area contributed by atoms with Crippen molar-refractivity contribution in [2.45, 2.75) is 19.8 Å². The van der Waals surface area contributed by atoms with Gasteiger partial charge in [-0.15, -0.1) is 0 Å². The van der Waals surface area contributed by atoms with Crippen LogP contribution in [0.3, 0.4) is 0 Å². The predicted octanol–water partition coefficient (Wildman–Crippen LogP) is -0.0643. The molecule has 0 saturated carbocycles. The van der Waals surface area contributed by atoms with Crippen LogP contribution in [0.25, 0.3) is 0 Å². The van der Waals surface area contributed by atoms with E-state index in [0.29, 0.717) is 19.7 Å². The summed E-state index contributed by atoms with van der Waals surface area (Å²) < 4.78 is 4.93. The van der Waals surface area contributed by atoms with E-state index in [1.165, 1.54) is 12.0 Å². The Balaban J connectivity index is 2.75. The minimum Gasteiger partial charge on any atom is -0.480 e. The summed E-state index contributed by atoms with van der Waals surface area (Å²) in [5.74, 6) is -1.06. The van der Waals surface area contributed by atoms with Crippen LogP contribution in [0, 0.1) is 5.41 Å². The predicted molar refractivity (Wildman–Crippen MR) is 66.3 cm³/mol. The van der Waals surface area contributed by atoms with Crippen LogP contribution in [-0.2, 0) is 14.3 Å². The molecule has 104 valence electrons. The van der Waals surface area contributed by atoms with Gasteiger partial charge < -0.3 is 20.1 Å². The lowest BCUT2D eigenvalue weighted by Gasteiger charge is -2.32. The average molecular weight is 258 g/mol. The number of hydrogen-bond acceptors (Lipinski definition) is 4. The second kappa shape index (κ2) is 6.70. The van der Waals surface area contributed by atoms with E-state index in [1.54, 1.807) is 0 Å². The van der Waals surface area contributed by atoms with Gasteiger partial charge in [0.2, 0.25) is 5.91 Å². The van der Waals surface area contributed by atoms with Crippen LogP contribution in [0.2, 0.25) is 0 Å². The fraction of sp³-hybridized carbons (Fsp3) is 0.833. The van der Waals surface area contributed by atoms with Gasteiger partial charge in [0.1, 0.15) is 6.54 Å². The van der Waals surface area contributed by atoms with Crippen LogP contribution in [0.5, 0.6) is 0 Å². The Bertz CT molecular complexity index is 300. The molecule has 1 saturated heterocycles. The van der Waals surface area contributed by atoms with Gasteiger partial charge in [0.25, 0.3) is 0 Å². The summed E-state index contributed by atoms with van der Waals surface area (Å²) in [5.41, 5.74) is -0.441. The highest BCUT2D eigenvalue weighted by molar-refractivity contribution is 5.86. The highest BCUT2D eigenvalue weighted by Crippen LogP contribution is 2.31. The van der Waals surface area contributed by atoms with E-state index in [-0.39, 0.29) is 12.5 Å². The Kier molecular flexibility index (Phi) is 5.55. The third kappa shape index (κ3) is 3.43. The molecule has 1 amide bonds. The maximum absolute atomic E-state index is 12.5. The molecule has 1 aliphatic heterocycles. The smallest absolute Gasteiger partial charge is 0.323 e. The Morgan fingerprint density at radius 3 is 2.67 bits per heavy atom. The first-order chi connectivity index (χ1) is 8.55. The summed E-state index contributed by atoms with van der Waals surface area (Å²) in [6.45, 7) is 3.83. The zero-order chi connectivity index (χ0) is 13.6. The quantitative estimate of drug-likeness (QED) is 0.668. The second-order valence-electron chi connectivity index (χ2n) is 4.67. The lowest BCUT2D eigenvalue weighted by molar-refractivity contribution is -0.150. The lowest BCUT2D eigenvalue weighted by atomic mass is 9.82. The molecule has 0 aliphatic carbocycles. The summed E-state index contributed by atoms with van der Waals surface area (Å²) in [5, 5.41) is 12.1. The summed E-state index contributed by atoms with van der Waals surface area (Å²) in [6.07, 6.45) is 1.49. The number of nitrogens with zero attached hydrogens (tertiary/aromatic N) is 1. The van der Waals surface area contributed by atoms with Crippen LogP contribution >= 0.6 is 0 Å². The van der Waals surface area contributed by atoms with Gasteiger partial charge in [-0.3, -0.25) is 9.59 Å². The topological polar surface area (TPSA) is 78.9 Å². The fourth-order valence-corrected chi connectivity index (χ4v) is 2.33. The summed E-state index contributed by atoms with van der Waals surface area (Å²) >= 11 is 0. The van der Waals surface area contributed by atoms with Crippen molar-refractivity contribution in [3.63, 3.8) is 0 Å². The van der Waals surface area contributed by atoms with Crippen LogP contribution < -0.4 is 5.32 Å². The van der Waals surface area contributed by atoms with Crippen LogP contribution in [-0.4, -0.2) is 61.8 Å². The minimum atomic E-state index is -0.989. The Morgan fingerprint density at radius 1 is 1.50 bits per heavy atom. The monoisotopic (exact) mass is 258 g/mol. The van der Waals surface area contributed by atoms with Crippen molar-refractivity contribution in [3.8, 4) is 0 Å². The SMILES string of the molecule is CCC1(C(=O)N(CCOC)CC(=O)O)CCNC1. The van der Waals surface area contributed by atoms with E-state index in [1.807, 2.05) is 6.92 Å². The van der Waals surface area contributed by atoms with Gasteiger partial charge in [0.05, 0.1) is 12.0 Å². The molecule has 1 atom stereocenters. The molecular formula is C12H22N2O4. The normalized spacial score (nSPS) is 23.0. The van der Waals surface area contributed by atoms with Gasteiger partial charge in [-0.1, -0.05) is 6.92 Å². The second-order valence-corrected chi connectivity index (χ2v) is 4.67. The molecule has 6 nitrogen and oxygen atoms in total. The van der Waals surface area contributed by atoms with Gasteiger partial charge >= 0.3 is 5.97 Å². The van der Waals surface area contributed by atoms with Gasteiger partial charge in [-0.25, -0.2) is 0 Å². The third-order valence-electron chi connectivity index (χ3n) is 3.55. The highest BCUT2D eigenvalue weighted by atomic mass is 16.5. The average Bonchev–Trinajstić information content (AvgIpc) is 2.83. The first-order valence-electron chi connectivity index (χ1n) is 6.26. The molecule has 1 unspecified atom stereocenters. The molecule has 0 radical (unpaired) electrons. The number of methoxy groups -OCH3 is 1. The first kappa shape index (κ1) is 14.9. The van der Waals surface area contributed by atoms with Gasteiger partial charge in [-0.2, -0.15) is 0 Å². The van der Waals surface area contributed by atoms with E-state index >= 15 is 0 Å². The Morgan fingerprint density at radius 2 is 2.22 bits per heavy atom. The van der Waals surface area contributed by atoms with Gasteiger partial charge in [0.15, 0.2) is 0 Å². The fourth-order valence-electron chi connectivity index (χ4n) is 2.33. The summed E-state index contributed by atoms with van der Waals surface area (Å²) in [7, 11) is 1.54. The molecule has 1 aliphatic rings. The number of ether oxygens (including phenoxy) is 1. The van der Waals surface area contributed by atoms with Crippen molar-refractivity contribution >= 4 is 11.9 Å². The molecule has 18 heavy (non-hydrogen) atoms. The number of carboxylic acid groups (broad SMARTS) is 1. The maximum Gasteiger partial charge on any atom is 0.323 e. The molecule has 0 spiro atoms. The van der Waals surface area contributed by atoms with E-state index in [0.717, 1.165) is 19.4 Å². The zero-order valence-corrected chi connectivity index (χ0v) is 11.1. The minimum absolute atomic E-state index is 0.0746. The molecule has 6 heteroatoms. The third-order valence-corrected chi connectivity index (χ3v) is 3.55. The Labute approximate surface area is 107 Å². The molecular weight excluding hydrogens is 236 g/mol. The summed E-state index contributed by atoms with van der Waals surface area (Å²) in [4.78, 5) is 24.7. The number of amides is 1. The number of nitrogens with one attached hydrogen (secondary N) is 1. The van der Waals surface area contributed by atoms with E-state index in [2.05, 4.69) is 5.32 Å². The Hall–Kier alpha value is -1.14. The number of carboxylic acids is 1. The largest absolute Gasteiger partial charge is 0.480 e. The summed E-state index contributed by atoms with van der Waals surface area (Å²) in [6, 6.07) is 0. The van der Waals surface area contributed by atoms with Crippen LogP contribution in [0.1, 0.15) is 19.8 Å². The van der Waals surface area contributed by atoms with E-state index in [9.17, 15) is 9.59 Å². The van der Waals surface area contributed by atoms with Crippen molar-refractivity contribution < 1.29 is 19.4 Å². The zero-order valence-electron chi connectivity index (χ0n) is 11.1. The maximum atomic E-state index is 12.5. The van der Waals surface area contributed by atoms with Crippen molar-refractivity contribution in [1.82, 2.24) is 10.2 Å². The van der Waals surface area contributed by atoms with Crippen molar-refractivity contribution in [1.29, 1.82) is 0 Å². The molecule has 1 fully saturated rings. The molecule has 2 N–H and O–H groups in total. The molecule has 0 aromatic carbocycles. The molecule has 0 bridgehead atoms. The van der Waals surface area contributed by atoms with Crippen LogP contribution in [0.4, 0.5) is 0 Å². The number of rotatable bonds is 7. The van der Waals surface area contributed by atoms with Crippen molar-refractivity contribution in [2.75, 3.05) is 39.9 Å². The first-order valence-corrected chi connectivity index (χ1v) is 6.26.